The monoisotopic (exact) mass is 163 g/mol. The molecule has 0 saturated carbocycles. The molecule has 0 aliphatic rings. The quantitative estimate of drug-likeness (QED) is 0.413. The number of nitrogens with two attached hydrogens (primary N) is 2. The van der Waals surface area contributed by atoms with E-state index >= 15 is 0 Å². The second-order valence-corrected chi connectivity index (χ2v) is 3.60. The molecule has 0 aliphatic heterocycles. The van der Waals surface area contributed by atoms with E-state index in [1.807, 2.05) is 6.92 Å². The molecule has 1 unspecified atom stereocenters. The Kier molecular flexibility index (Phi) is 4.92. The topological polar surface area (TPSA) is 81.5 Å². The Hall–Kier alpha value is -0.580. The van der Waals surface area contributed by atoms with E-state index in [0.29, 0.717) is 18.1 Å². The maximum absolute atomic E-state index is 10.8. The Balaban J connectivity index is 3.37. The summed E-state index contributed by atoms with van der Waals surface area (Å²) in [6.45, 7) is 2.33. The number of guanidine groups is 1. The molecule has 0 aromatic heterocycles. The maximum atomic E-state index is 10.8. The lowest BCUT2D eigenvalue weighted by atomic mass is 10.8. The Morgan fingerprint density at radius 2 is 2.20 bits per heavy atom. The van der Waals surface area contributed by atoms with Gasteiger partial charge in [-0.15, -0.1) is 0 Å². The number of rotatable bonds is 4. The second-order valence-electron chi connectivity index (χ2n) is 1.74. The van der Waals surface area contributed by atoms with Crippen LogP contribution >= 0.6 is 0 Å². The average Bonchev–Trinajstić information content (AvgIpc) is 1.87. The summed E-state index contributed by atoms with van der Waals surface area (Å²) < 4.78 is 10.8. The minimum Gasteiger partial charge on any atom is -0.370 e. The van der Waals surface area contributed by atoms with Gasteiger partial charge < -0.3 is 11.5 Å². The Morgan fingerprint density at radius 1 is 1.60 bits per heavy atom. The zero-order valence-electron chi connectivity index (χ0n) is 6.04. The van der Waals surface area contributed by atoms with E-state index < -0.39 is 10.8 Å². The predicted molar refractivity (Wildman–Crippen MR) is 44.2 cm³/mol. The number of hydrogen-bond acceptors (Lipinski definition) is 2. The van der Waals surface area contributed by atoms with E-state index in [2.05, 4.69) is 4.99 Å². The molecule has 10 heavy (non-hydrogen) atoms. The van der Waals surface area contributed by atoms with Gasteiger partial charge in [-0.05, 0) is 0 Å². The van der Waals surface area contributed by atoms with Gasteiger partial charge in [0.1, 0.15) is 0 Å². The number of hydrogen-bond donors (Lipinski definition) is 2. The smallest absolute Gasteiger partial charge is 0.185 e. The molecular formula is C5H13N3OS. The second kappa shape index (κ2) is 5.22. The van der Waals surface area contributed by atoms with Crippen molar-refractivity contribution in [2.75, 3.05) is 18.1 Å². The van der Waals surface area contributed by atoms with Crippen molar-refractivity contribution in [2.45, 2.75) is 6.92 Å². The first-order chi connectivity index (χ1) is 4.66. The molecule has 0 fully saturated rings. The fourth-order valence-corrected chi connectivity index (χ4v) is 1.00. The van der Waals surface area contributed by atoms with Gasteiger partial charge in [0, 0.05) is 22.3 Å². The van der Waals surface area contributed by atoms with Gasteiger partial charge in [-0.1, -0.05) is 6.92 Å². The van der Waals surface area contributed by atoms with Gasteiger partial charge in [-0.3, -0.25) is 9.20 Å². The molecule has 0 heterocycles. The van der Waals surface area contributed by atoms with Crippen molar-refractivity contribution in [2.24, 2.45) is 16.5 Å². The van der Waals surface area contributed by atoms with E-state index in [0.717, 1.165) is 0 Å². The molecule has 0 aliphatic carbocycles. The molecule has 0 aromatic carbocycles. The van der Waals surface area contributed by atoms with E-state index in [-0.39, 0.29) is 5.96 Å². The van der Waals surface area contributed by atoms with Crippen LogP contribution in [0.2, 0.25) is 0 Å². The van der Waals surface area contributed by atoms with Crippen LogP contribution in [0.4, 0.5) is 0 Å². The van der Waals surface area contributed by atoms with Crippen LogP contribution in [0.15, 0.2) is 4.99 Å². The third-order valence-electron chi connectivity index (χ3n) is 0.935. The molecule has 5 heteroatoms. The summed E-state index contributed by atoms with van der Waals surface area (Å²) in [4.78, 5) is 3.69. The van der Waals surface area contributed by atoms with Crippen LogP contribution in [0.25, 0.3) is 0 Å². The van der Waals surface area contributed by atoms with Crippen molar-refractivity contribution in [3.8, 4) is 0 Å². The normalized spacial score (nSPS) is 12.5. The van der Waals surface area contributed by atoms with E-state index in [1.165, 1.54) is 0 Å². The first-order valence-corrected chi connectivity index (χ1v) is 4.56. The summed E-state index contributed by atoms with van der Waals surface area (Å²) in [6.07, 6.45) is 0. The van der Waals surface area contributed by atoms with Crippen LogP contribution in [-0.2, 0) is 10.8 Å². The fraction of sp³-hybridized carbons (Fsp3) is 0.800. The van der Waals surface area contributed by atoms with Gasteiger partial charge in [0.05, 0.1) is 6.54 Å². The van der Waals surface area contributed by atoms with Gasteiger partial charge in [0.2, 0.25) is 0 Å². The van der Waals surface area contributed by atoms with Crippen LogP contribution in [0.5, 0.6) is 0 Å². The molecule has 60 valence electrons. The van der Waals surface area contributed by atoms with E-state index in [9.17, 15) is 4.21 Å². The molecule has 0 bridgehead atoms. The van der Waals surface area contributed by atoms with Crippen molar-refractivity contribution in [1.29, 1.82) is 0 Å². The highest BCUT2D eigenvalue weighted by Crippen LogP contribution is 1.80. The third kappa shape index (κ3) is 5.55. The largest absolute Gasteiger partial charge is 0.370 e. The SMILES string of the molecule is CCS(=O)CCN=C(N)N. The minimum absolute atomic E-state index is 0.0631. The van der Waals surface area contributed by atoms with Gasteiger partial charge in [-0.25, -0.2) is 0 Å². The number of nitrogens with zero attached hydrogens (tertiary/aromatic N) is 1. The number of aliphatic imine (C=N–C) groups is 1. The lowest BCUT2D eigenvalue weighted by molar-refractivity contribution is 0.683. The van der Waals surface area contributed by atoms with Gasteiger partial charge >= 0.3 is 0 Å². The van der Waals surface area contributed by atoms with Crippen LogP contribution < -0.4 is 11.5 Å². The molecule has 0 spiro atoms. The highest BCUT2D eigenvalue weighted by Gasteiger charge is 1.92. The molecule has 0 saturated heterocycles. The van der Waals surface area contributed by atoms with Crippen LogP contribution in [0.1, 0.15) is 6.92 Å². The summed E-state index contributed by atoms with van der Waals surface area (Å²) >= 11 is 0. The first-order valence-electron chi connectivity index (χ1n) is 3.07. The highest BCUT2D eigenvalue weighted by atomic mass is 32.2. The average molecular weight is 163 g/mol. The van der Waals surface area contributed by atoms with Crippen molar-refractivity contribution in [3.05, 3.63) is 0 Å². The summed E-state index contributed by atoms with van der Waals surface area (Å²) in [7, 11) is -0.762. The van der Waals surface area contributed by atoms with Gasteiger partial charge in [0.15, 0.2) is 5.96 Å². The molecule has 0 amide bonds. The Labute approximate surface area is 63.1 Å². The fourth-order valence-electron chi connectivity index (χ4n) is 0.421. The molecular weight excluding hydrogens is 150 g/mol. The van der Waals surface area contributed by atoms with Crippen molar-refractivity contribution in [1.82, 2.24) is 0 Å². The molecule has 0 aromatic rings. The summed E-state index contributed by atoms with van der Waals surface area (Å²) in [5.41, 5.74) is 10.1. The maximum Gasteiger partial charge on any atom is 0.185 e. The van der Waals surface area contributed by atoms with Crippen molar-refractivity contribution in [3.63, 3.8) is 0 Å². The standard InChI is InChI=1S/C5H13N3OS/c1-2-10(9)4-3-8-5(6)7/h2-4H2,1H3,(H4,6,7,8). The minimum atomic E-state index is -0.762. The van der Waals surface area contributed by atoms with E-state index in [1.54, 1.807) is 0 Å². The van der Waals surface area contributed by atoms with Crippen LogP contribution in [-0.4, -0.2) is 28.2 Å². The van der Waals surface area contributed by atoms with Crippen molar-refractivity contribution < 1.29 is 4.21 Å². The summed E-state index contributed by atoms with van der Waals surface area (Å²) in [5.74, 6) is 1.28. The highest BCUT2D eigenvalue weighted by molar-refractivity contribution is 7.84. The van der Waals surface area contributed by atoms with E-state index in [4.69, 9.17) is 11.5 Å². The predicted octanol–water partition coefficient (Wildman–Crippen LogP) is -0.972. The van der Waals surface area contributed by atoms with Gasteiger partial charge in [-0.2, -0.15) is 0 Å². The zero-order chi connectivity index (χ0) is 7.98. The third-order valence-corrected chi connectivity index (χ3v) is 2.22. The molecule has 1 atom stereocenters. The van der Waals surface area contributed by atoms with Gasteiger partial charge in [0.25, 0.3) is 0 Å². The van der Waals surface area contributed by atoms with Crippen LogP contribution in [0, 0.1) is 0 Å². The first kappa shape index (κ1) is 9.42. The van der Waals surface area contributed by atoms with Crippen molar-refractivity contribution >= 4 is 16.8 Å². The summed E-state index contributed by atoms with van der Waals surface area (Å²) in [6, 6.07) is 0. The lowest BCUT2D eigenvalue weighted by Gasteiger charge is -1.93. The molecule has 4 N–H and O–H groups in total. The van der Waals surface area contributed by atoms with Crippen LogP contribution in [0.3, 0.4) is 0 Å². The molecule has 4 nitrogen and oxygen atoms in total. The summed E-state index contributed by atoms with van der Waals surface area (Å²) in [5, 5.41) is 0. The zero-order valence-corrected chi connectivity index (χ0v) is 6.86. The molecule has 0 radical (unpaired) electrons. The lowest BCUT2D eigenvalue weighted by Crippen LogP contribution is -2.23. The molecule has 0 rings (SSSR count). The Bertz CT molecular complexity index is 142. The Morgan fingerprint density at radius 3 is 2.60 bits per heavy atom.